The smallest absolute Gasteiger partial charge is 0.152 e. The van der Waals surface area contributed by atoms with Gasteiger partial charge in [0.05, 0.1) is 19.3 Å². The number of hydrogen-bond donors (Lipinski definition) is 1. The predicted octanol–water partition coefficient (Wildman–Crippen LogP) is 0.275. The molecule has 2 aliphatic heterocycles. The molecule has 0 saturated carbocycles. The second-order valence-corrected chi connectivity index (χ2v) is 4.16. The molecule has 3 rings (SSSR count). The quantitative estimate of drug-likeness (QED) is 0.720. The Bertz CT molecular complexity index is 343. The van der Waals surface area contributed by atoms with E-state index in [1.807, 2.05) is 0 Å². The first-order valence-corrected chi connectivity index (χ1v) is 5.68. The molecule has 1 aromatic heterocycles. The molecule has 0 bridgehead atoms. The van der Waals surface area contributed by atoms with Crippen LogP contribution in [0.15, 0.2) is 0 Å². The average Bonchev–Trinajstić information content (AvgIpc) is 2.74. The molecule has 5 nitrogen and oxygen atoms in total. The third-order valence-electron chi connectivity index (χ3n) is 3.12. The molecule has 0 amide bonds. The number of fused-ring (bicyclic) bond motifs is 1. The van der Waals surface area contributed by atoms with Crippen LogP contribution < -0.4 is 5.32 Å². The van der Waals surface area contributed by atoms with Crippen LogP contribution in [-0.4, -0.2) is 34.5 Å². The molecule has 0 aliphatic carbocycles. The van der Waals surface area contributed by atoms with E-state index in [1.165, 1.54) is 12.8 Å². The van der Waals surface area contributed by atoms with E-state index in [1.54, 1.807) is 0 Å². The van der Waals surface area contributed by atoms with E-state index < -0.39 is 0 Å². The van der Waals surface area contributed by atoms with Crippen molar-refractivity contribution in [2.75, 3.05) is 19.8 Å². The van der Waals surface area contributed by atoms with Crippen molar-refractivity contribution in [1.29, 1.82) is 0 Å². The Morgan fingerprint density at radius 3 is 3.20 bits per heavy atom. The molecule has 1 atom stereocenters. The standard InChI is InChI=1S/C10H16N4O/c1-2-5-14-9(3-1)12-13-10(14)8-7-15-6-4-11-8/h8,11H,1-7H2. The summed E-state index contributed by atoms with van der Waals surface area (Å²) in [5, 5.41) is 12.0. The van der Waals surface area contributed by atoms with Crippen molar-refractivity contribution in [3.05, 3.63) is 11.6 Å². The van der Waals surface area contributed by atoms with Gasteiger partial charge >= 0.3 is 0 Å². The number of hydrogen-bond acceptors (Lipinski definition) is 4. The van der Waals surface area contributed by atoms with E-state index in [2.05, 4.69) is 20.1 Å². The molecule has 0 aromatic carbocycles. The van der Waals surface area contributed by atoms with Crippen molar-refractivity contribution in [3.63, 3.8) is 0 Å². The van der Waals surface area contributed by atoms with Gasteiger partial charge in [-0.1, -0.05) is 0 Å². The molecule has 0 radical (unpaired) electrons. The molecule has 1 fully saturated rings. The van der Waals surface area contributed by atoms with Gasteiger partial charge in [0.2, 0.25) is 0 Å². The molecule has 1 saturated heterocycles. The fourth-order valence-corrected chi connectivity index (χ4v) is 2.32. The topological polar surface area (TPSA) is 52.0 Å². The summed E-state index contributed by atoms with van der Waals surface area (Å²) in [4.78, 5) is 0. The molecule has 1 N–H and O–H groups in total. The number of nitrogens with zero attached hydrogens (tertiary/aromatic N) is 3. The minimum Gasteiger partial charge on any atom is -0.378 e. The molecular formula is C10H16N4O. The van der Waals surface area contributed by atoms with Crippen LogP contribution in [0.3, 0.4) is 0 Å². The molecule has 3 heterocycles. The van der Waals surface area contributed by atoms with Gasteiger partial charge in [0, 0.05) is 19.5 Å². The van der Waals surface area contributed by atoms with Crippen molar-refractivity contribution in [1.82, 2.24) is 20.1 Å². The zero-order chi connectivity index (χ0) is 10.1. The Hall–Kier alpha value is -0.940. The SMILES string of the molecule is C1CCn2c(nnc2C2COCCN2)C1. The summed E-state index contributed by atoms with van der Waals surface area (Å²) < 4.78 is 7.71. The van der Waals surface area contributed by atoms with Gasteiger partial charge < -0.3 is 14.6 Å². The van der Waals surface area contributed by atoms with E-state index >= 15 is 0 Å². The van der Waals surface area contributed by atoms with Crippen molar-refractivity contribution < 1.29 is 4.74 Å². The number of morpholine rings is 1. The summed E-state index contributed by atoms with van der Waals surface area (Å²) in [7, 11) is 0. The second-order valence-electron chi connectivity index (χ2n) is 4.16. The van der Waals surface area contributed by atoms with Crippen molar-refractivity contribution in [2.45, 2.75) is 31.8 Å². The number of rotatable bonds is 1. The Labute approximate surface area is 88.8 Å². The highest BCUT2D eigenvalue weighted by Crippen LogP contribution is 2.20. The Morgan fingerprint density at radius 1 is 1.33 bits per heavy atom. The van der Waals surface area contributed by atoms with Gasteiger partial charge in [-0.3, -0.25) is 0 Å². The molecular weight excluding hydrogens is 192 g/mol. The molecule has 5 heteroatoms. The average molecular weight is 208 g/mol. The van der Waals surface area contributed by atoms with E-state index in [0.717, 1.165) is 44.4 Å². The van der Waals surface area contributed by atoms with Crippen LogP contribution in [0.4, 0.5) is 0 Å². The summed E-state index contributed by atoms with van der Waals surface area (Å²) in [6.07, 6.45) is 3.55. The summed E-state index contributed by atoms with van der Waals surface area (Å²) in [6.45, 7) is 3.50. The van der Waals surface area contributed by atoms with Crippen LogP contribution in [-0.2, 0) is 17.7 Å². The Balaban J connectivity index is 1.87. The second kappa shape index (κ2) is 3.90. The first-order valence-electron chi connectivity index (χ1n) is 5.68. The maximum atomic E-state index is 5.45. The minimum absolute atomic E-state index is 0.234. The van der Waals surface area contributed by atoms with Gasteiger partial charge in [0.1, 0.15) is 5.82 Å². The largest absolute Gasteiger partial charge is 0.378 e. The lowest BCUT2D eigenvalue weighted by atomic mass is 10.1. The summed E-state index contributed by atoms with van der Waals surface area (Å²) in [6, 6.07) is 0.234. The van der Waals surface area contributed by atoms with Gasteiger partial charge in [0.25, 0.3) is 0 Å². The van der Waals surface area contributed by atoms with Gasteiger partial charge in [0.15, 0.2) is 5.82 Å². The maximum Gasteiger partial charge on any atom is 0.152 e. The Kier molecular flexibility index (Phi) is 2.42. The summed E-state index contributed by atoms with van der Waals surface area (Å²) in [5.74, 6) is 2.20. The third-order valence-corrected chi connectivity index (χ3v) is 3.12. The van der Waals surface area contributed by atoms with Crippen LogP contribution in [0, 0.1) is 0 Å². The van der Waals surface area contributed by atoms with E-state index in [0.29, 0.717) is 0 Å². The van der Waals surface area contributed by atoms with Gasteiger partial charge in [-0.05, 0) is 12.8 Å². The zero-order valence-electron chi connectivity index (χ0n) is 8.78. The summed E-state index contributed by atoms with van der Waals surface area (Å²) in [5.41, 5.74) is 0. The molecule has 2 aliphatic rings. The fraction of sp³-hybridized carbons (Fsp3) is 0.800. The van der Waals surface area contributed by atoms with E-state index in [-0.39, 0.29) is 6.04 Å². The zero-order valence-corrected chi connectivity index (χ0v) is 8.78. The van der Waals surface area contributed by atoms with E-state index in [9.17, 15) is 0 Å². The molecule has 82 valence electrons. The van der Waals surface area contributed by atoms with E-state index in [4.69, 9.17) is 4.74 Å². The lowest BCUT2D eigenvalue weighted by molar-refractivity contribution is 0.0727. The monoisotopic (exact) mass is 208 g/mol. The van der Waals surface area contributed by atoms with Gasteiger partial charge in [-0.25, -0.2) is 0 Å². The predicted molar refractivity (Wildman–Crippen MR) is 54.5 cm³/mol. The summed E-state index contributed by atoms with van der Waals surface area (Å²) >= 11 is 0. The Morgan fingerprint density at radius 2 is 2.33 bits per heavy atom. The van der Waals surface area contributed by atoms with Crippen LogP contribution >= 0.6 is 0 Å². The van der Waals surface area contributed by atoms with Crippen LogP contribution in [0.1, 0.15) is 30.5 Å². The van der Waals surface area contributed by atoms with Crippen molar-refractivity contribution in [2.24, 2.45) is 0 Å². The molecule has 15 heavy (non-hydrogen) atoms. The van der Waals surface area contributed by atoms with Gasteiger partial charge in [-0.15, -0.1) is 10.2 Å². The van der Waals surface area contributed by atoms with Gasteiger partial charge in [-0.2, -0.15) is 0 Å². The maximum absolute atomic E-state index is 5.45. The van der Waals surface area contributed by atoms with Crippen molar-refractivity contribution in [3.8, 4) is 0 Å². The lowest BCUT2D eigenvalue weighted by Gasteiger charge is -2.24. The lowest BCUT2D eigenvalue weighted by Crippen LogP contribution is -2.36. The fourth-order valence-electron chi connectivity index (χ4n) is 2.32. The molecule has 0 spiro atoms. The first kappa shape index (κ1) is 9.30. The van der Waals surface area contributed by atoms with Crippen LogP contribution in [0.2, 0.25) is 0 Å². The molecule has 1 unspecified atom stereocenters. The first-order chi connectivity index (χ1) is 7.45. The van der Waals surface area contributed by atoms with Crippen LogP contribution in [0.25, 0.3) is 0 Å². The number of aromatic nitrogens is 3. The number of nitrogens with one attached hydrogen (secondary N) is 1. The van der Waals surface area contributed by atoms with Crippen molar-refractivity contribution >= 4 is 0 Å². The van der Waals surface area contributed by atoms with Crippen LogP contribution in [0.5, 0.6) is 0 Å². The number of aryl methyl sites for hydroxylation is 1. The number of ether oxygens (including phenoxy) is 1. The normalized spacial score (nSPS) is 26.3. The molecule has 1 aromatic rings. The highest BCUT2D eigenvalue weighted by atomic mass is 16.5. The highest BCUT2D eigenvalue weighted by molar-refractivity contribution is 5.04. The minimum atomic E-state index is 0.234. The highest BCUT2D eigenvalue weighted by Gasteiger charge is 2.24. The third kappa shape index (κ3) is 1.66.